The Morgan fingerprint density at radius 3 is 2.88 bits per heavy atom. The van der Waals surface area contributed by atoms with Crippen molar-refractivity contribution in [3.8, 4) is 0 Å². The van der Waals surface area contributed by atoms with E-state index in [9.17, 15) is 0 Å². The van der Waals surface area contributed by atoms with E-state index in [4.69, 9.17) is 5.73 Å². The zero-order chi connectivity index (χ0) is 11.4. The third-order valence-corrected chi connectivity index (χ3v) is 3.73. The molecule has 2 rings (SSSR count). The molecular formula is C13H16N2S. The highest BCUT2D eigenvalue weighted by Crippen LogP contribution is 2.24. The maximum Gasteiger partial charge on any atom is 0.0393 e. The molecule has 2 nitrogen and oxygen atoms in total. The maximum atomic E-state index is 6.15. The molecule has 0 bridgehead atoms. The molecule has 0 aliphatic carbocycles. The third-order valence-electron chi connectivity index (χ3n) is 2.59. The van der Waals surface area contributed by atoms with E-state index in [1.165, 1.54) is 15.3 Å². The van der Waals surface area contributed by atoms with Crippen LogP contribution in [0.15, 0.2) is 36.7 Å². The molecule has 2 N–H and O–H groups in total. The molecule has 0 fully saturated rings. The molecule has 3 heteroatoms. The molecule has 84 valence electrons. The molecule has 16 heavy (non-hydrogen) atoms. The van der Waals surface area contributed by atoms with Gasteiger partial charge in [0.2, 0.25) is 0 Å². The normalized spacial score (nSPS) is 12.6. The summed E-state index contributed by atoms with van der Waals surface area (Å²) in [6.07, 6.45) is 5.68. The lowest BCUT2D eigenvalue weighted by molar-refractivity contribution is 0.661. The van der Waals surface area contributed by atoms with E-state index in [0.29, 0.717) is 0 Å². The molecule has 0 saturated heterocycles. The number of nitrogens with zero attached hydrogens (tertiary/aromatic N) is 1. The molecule has 2 aromatic heterocycles. The molecule has 2 aromatic rings. The number of pyridine rings is 1. The predicted molar refractivity (Wildman–Crippen MR) is 68.5 cm³/mol. The van der Waals surface area contributed by atoms with Crippen molar-refractivity contribution in [2.45, 2.75) is 25.8 Å². The zero-order valence-electron chi connectivity index (χ0n) is 9.39. The number of aromatic nitrogens is 1. The number of aryl methyl sites for hydroxylation is 2. The molecular weight excluding hydrogens is 216 g/mol. The molecule has 0 aliphatic heterocycles. The molecule has 0 aliphatic rings. The predicted octanol–water partition coefficient (Wildman–Crippen LogP) is 3.08. The minimum absolute atomic E-state index is 0.152. The van der Waals surface area contributed by atoms with Gasteiger partial charge in [0.1, 0.15) is 0 Å². The SMILES string of the molecule is Cc1ccc(C(N)CCc2cccnc2)s1. The van der Waals surface area contributed by atoms with Crippen LogP contribution in [-0.2, 0) is 6.42 Å². The molecule has 1 atom stereocenters. The maximum absolute atomic E-state index is 6.15. The van der Waals surface area contributed by atoms with Gasteiger partial charge in [-0.25, -0.2) is 0 Å². The lowest BCUT2D eigenvalue weighted by atomic mass is 10.1. The topological polar surface area (TPSA) is 38.9 Å². The second-order valence-corrected chi connectivity index (χ2v) is 5.27. The largest absolute Gasteiger partial charge is 0.323 e. The first kappa shape index (κ1) is 11.3. The molecule has 0 saturated carbocycles. The molecule has 0 aromatic carbocycles. The fourth-order valence-corrected chi connectivity index (χ4v) is 2.58. The van der Waals surface area contributed by atoms with Crippen LogP contribution in [0.25, 0.3) is 0 Å². The highest BCUT2D eigenvalue weighted by Gasteiger charge is 2.08. The van der Waals surface area contributed by atoms with Crippen LogP contribution in [0.5, 0.6) is 0 Å². The van der Waals surface area contributed by atoms with Gasteiger partial charge in [-0.15, -0.1) is 11.3 Å². The Kier molecular flexibility index (Phi) is 3.70. The Morgan fingerprint density at radius 2 is 2.25 bits per heavy atom. The average Bonchev–Trinajstić information content (AvgIpc) is 2.74. The summed E-state index contributed by atoms with van der Waals surface area (Å²) in [6, 6.07) is 8.48. The summed E-state index contributed by atoms with van der Waals surface area (Å²) in [5.41, 5.74) is 7.40. The van der Waals surface area contributed by atoms with E-state index in [1.807, 2.05) is 12.3 Å². The Hall–Kier alpha value is -1.19. The van der Waals surface area contributed by atoms with Gasteiger partial charge in [-0.05, 0) is 43.5 Å². The highest BCUT2D eigenvalue weighted by molar-refractivity contribution is 7.12. The van der Waals surface area contributed by atoms with E-state index in [-0.39, 0.29) is 6.04 Å². The quantitative estimate of drug-likeness (QED) is 0.879. The van der Waals surface area contributed by atoms with Crippen molar-refractivity contribution in [1.29, 1.82) is 0 Å². The Balaban J connectivity index is 1.91. The van der Waals surface area contributed by atoms with Gasteiger partial charge in [-0.3, -0.25) is 4.98 Å². The summed E-state index contributed by atoms with van der Waals surface area (Å²) >= 11 is 1.79. The first-order chi connectivity index (χ1) is 7.75. The second kappa shape index (κ2) is 5.23. The van der Waals surface area contributed by atoms with E-state index < -0.39 is 0 Å². The van der Waals surface area contributed by atoms with Crippen molar-refractivity contribution in [3.05, 3.63) is 52.0 Å². The van der Waals surface area contributed by atoms with Gasteiger partial charge < -0.3 is 5.73 Å². The van der Waals surface area contributed by atoms with Crippen LogP contribution in [0.1, 0.15) is 27.8 Å². The molecule has 0 amide bonds. The molecule has 0 spiro atoms. The van der Waals surface area contributed by atoms with Gasteiger partial charge in [0, 0.05) is 28.2 Å². The average molecular weight is 232 g/mol. The number of thiophene rings is 1. The van der Waals surface area contributed by atoms with Crippen molar-refractivity contribution in [1.82, 2.24) is 4.98 Å². The van der Waals surface area contributed by atoms with Gasteiger partial charge in [0.15, 0.2) is 0 Å². The summed E-state index contributed by atoms with van der Waals surface area (Å²) in [7, 11) is 0. The Labute approximate surface area is 100 Å². The van der Waals surface area contributed by atoms with Crippen molar-refractivity contribution >= 4 is 11.3 Å². The van der Waals surface area contributed by atoms with Gasteiger partial charge in [-0.1, -0.05) is 6.07 Å². The van der Waals surface area contributed by atoms with Crippen LogP contribution < -0.4 is 5.73 Å². The number of hydrogen-bond acceptors (Lipinski definition) is 3. The number of nitrogens with two attached hydrogens (primary N) is 1. The summed E-state index contributed by atoms with van der Waals surface area (Å²) in [6.45, 7) is 2.11. The van der Waals surface area contributed by atoms with Crippen LogP contribution in [0.2, 0.25) is 0 Å². The second-order valence-electron chi connectivity index (χ2n) is 3.95. The van der Waals surface area contributed by atoms with Crippen molar-refractivity contribution in [2.24, 2.45) is 5.73 Å². The standard InChI is InChI=1S/C13H16N2S/c1-10-4-7-13(16-10)12(14)6-5-11-3-2-8-15-9-11/h2-4,7-9,12H,5-6,14H2,1H3. The molecule has 1 unspecified atom stereocenters. The fraction of sp³-hybridized carbons (Fsp3) is 0.308. The smallest absolute Gasteiger partial charge is 0.0393 e. The Bertz CT molecular complexity index is 436. The van der Waals surface area contributed by atoms with Crippen LogP contribution in [0, 0.1) is 6.92 Å². The summed E-state index contributed by atoms with van der Waals surface area (Å²) in [5, 5.41) is 0. The zero-order valence-corrected chi connectivity index (χ0v) is 10.2. The third kappa shape index (κ3) is 2.90. The number of rotatable bonds is 4. The summed E-state index contributed by atoms with van der Waals surface area (Å²) < 4.78 is 0. The van der Waals surface area contributed by atoms with Crippen LogP contribution in [0.3, 0.4) is 0 Å². The van der Waals surface area contributed by atoms with E-state index >= 15 is 0 Å². The van der Waals surface area contributed by atoms with Gasteiger partial charge >= 0.3 is 0 Å². The monoisotopic (exact) mass is 232 g/mol. The van der Waals surface area contributed by atoms with Crippen LogP contribution in [-0.4, -0.2) is 4.98 Å². The first-order valence-corrected chi connectivity index (χ1v) is 6.28. The van der Waals surface area contributed by atoms with Crippen molar-refractivity contribution in [2.75, 3.05) is 0 Å². The highest BCUT2D eigenvalue weighted by atomic mass is 32.1. The van der Waals surface area contributed by atoms with Gasteiger partial charge in [-0.2, -0.15) is 0 Å². The van der Waals surface area contributed by atoms with Crippen molar-refractivity contribution in [3.63, 3.8) is 0 Å². The van der Waals surface area contributed by atoms with E-state index in [2.05, 4.69) is 30.1 Å². The summed E-state index contributed by atoms with van der Waals surface area (Å²) in [5.74, 6) is 0. The Morgan fingerprint density at radius 1 is 1.38 bits per heavy atom. The number of hydrogen-bond donors (Lipinski definition) is 1. The van der Waals surface area contributed by atoms with Gasteiger partial charge in [0.05, 0.1) is 0 Å². The minimum Gasteiger partial charge on any atom is -0.323 e. The lowest BCUT2D eigenvalue weighted by Gasteiger charge is -2.08. The van der Waals surface area contributed by atoms with Crippen molar-refractivity contribution < 1.29 is 0 Å². The van der Waals surface area contributed by atoms with Crippen LogP contribution >= 0.6 is 11.3 Å². The lowest BCUT2D eigenvalue weighted by Crippen LogP contribution is -2.09. The van der Waals surface area contributed by atoms with E-state index in [0.717, 1.165) is 12.8 Å². The minimum atomic E-state index is 0.152. The fourth-order valence-electron chi connectivity index (χ4n) is 1.66. The summed E-state index contributed by atoms with van der Waals surface area (Å²) in [4.78, 5) is 6.71. The molecule has 0 radical (unpaired) electrons. The molecule has 2 heterocycles. The van der Waals surface area contributed by atoms with E-state index in [1.54, 1.807) is 17.5 Å². The van der Waals surface area contributed by atoms with Crippen LogP contribution in [0.4, 0.5) is 0 Å². The van der Waals surface area contributed by atoms with Gasteiger partial charge in [0.25, 0.3) is 0 Å². The first-order valence-electron chi connectivity index (χ1n) is 5.46.